The van der Waals surface area contributed by atoms with Crippen LogP contribution in [0.15, 0.2) is 36.5 Å². The quantitative estimate of drug-likeness (QED) is 0.573. The van der Waals surface area contributed by atoms with Gasteiger partial charge in [0.25, 0.3) is 11.8 Å². The van der Waals surface area contributed by atoms with Crippen LogP contribution in [-0.2, 0) is 9.53 Å². The number of halogens is 6. The molecule has 0 saturated carbocycles. The summed E-state index contributed by atoms with van der Waals surface area (Å²) in [5.74, 6) is -6.21. The lowest BCUT2D eigenvalue weighted by Crippen LogP contribution is -2.47. The summed E-state index contributed by atoms with van der Waals surface area (Å²) in [6.07, 6.45) is -5.57. The molecule has 1 aliphatic heterocycles. The summed E-state index contributed by atoms with van der Waals surface area (Å²) in [5.41, 5.74) is -3.15. The van der Waals surface area contributed by atoms with Crippen molar-refractivity contribution in [3.05, 3.63) is 53.6 Å². The Balaban J connectivity index is 2.04. The van der Waals surface area contributed by atoms with E-state index in [1.807, 2.05) is 0 Å². The monoisotopic (exact) mass is 505 g/mol. The van der Waals surface area contributed by atoms with Crippen molar-refractivity contribution < 1.29 is 45.4 Å². The van der Waals surface area contributed by atoms with Crippen LogP contribution >= 0.6 is 0 Å². The molecule has 0 radical (unpaired) electrons. The highest BCUT2D eigenvalue weighted by Crippen LogP contribution is 2.54. The first-order chi connectivity index (χ1) is 16.3. The number of amides is 2. The molecule has 1 saturated heterocycles. The van der Waals surface area contributed by atoms with Gasteiger partial charge in [0.15, 0.2) is 5.60 Å². The van der Waals surface area contributed by atoms with Crippen LogP contribution in [0.25, 0.3) is 0 Å². The van der Waals surface area contributed by atoms with Crippen LogP contribution in [0, 0.1) is 11.7 Å². The van der Waals surface area contributed by atoms with E-state index in [0.717, 1.165) is 26.0 Å². The molecule has 13 heteroatoms. The highest BCUT2D eigenvalue weighted by Gasteiger charge is 2.65. The van der Waals surface area contributed by atoms with Gasteiger partial charge in [0.2, 0.25) is 0 Å². The number of alkyl halides is 5. The first kappa shape index (κ1) is 26.3. The van der Waals surface area contributed by atoms with E-state index < -0.39 is 59.7 Å². The third kappa shape index (κ3) is 5.19. The van der Waals surface area contributed by atoms with Gasteiger partial charge in [-0.2, -0.15) is 22.0 Å². The summed E-state index contributed by atoms with van der Waals surface area (Å²) in [4.78, 5) is 28.7. The van der Waals surface area contributed by atoms with Gasteiger partial charge in [-0.1, -0.05) is 13.0 Å². The average Bonchev–Trinajstić information content (AvgIpc) is 3.05. The molecule has 1 aromatic heterocycles. The number of hydrogen-bond donors (Lipinski definition) is 2. The lowest BCUT2D eigenvalue weighted by molar-refractivity contribution is -0.272. The minimum Gasteiger partial charge on any atom is -0.434 e. The Morgan fingerprint density at radius 1 is 1.20 bits per heavy atom. The highest BCUT2D eigenvalue weighted by atomic mass is 19.4. The van der Waals surface area contributed by atoms with Crippen LogP contribution in [0.1, 0.15) is 35.8 Å². The Kier molecular flexibility index (Phi) is 7.29. The van der Waals surface area contributed by atoms with E-state index in [4.69, 9.17) is 4.74 Å². The number of ether oxygens (including phenoxy) is 2. The zero-order valence-corrected chi connectivity index (χ0v) is 18.6. The Morgan fingerprint density at radius 2 is 1.89 bits per heavy atom. The molecule has 1 fully saturated rings. The molecule has 3 rings (SSSR count). The van der Waals surface area contributed by atoms with Crippen LogP contribution in [0.4, 0.5) is 32.0 Å². The van der Waals surface area contributed by atoms with E-state index in [2.05, 4.69) is 20.4 Å². The van der Waals surface area contributed by atoms with E-state index >= 15 is 0 Å². The summed E-state index contributed by atoms with van der Waals surface area (Å²) in [6.45, 7) is -1.50. The van der Waals surface area contributed by atoms with Crippen LogP contribution in [0.2, 0.25) is 0 Å². The van der Waals surface area contributed by atoms with Crippen molar-refractivity contribution in [1.29, 1.82) is 0 Å². The number of carbonyl (C=O) groups excluding carboxylic acids is 2. The largest absolute Gasteiger partial charge is 0.434 e. The fourth-order valence-electron chi connectivity index (χ4n) is 3.98. The maximum atomic E-state index is 14.0. The first-order valence-corrected chi connectivity index (χ1v) is 10.3. The SMILES string of the molecule is CNC(=O)c1cc(NC(=O)[C@@H]2O[C@@](C)(C(F)(F)F)[C@@H](C)[C@@H]2c2ccc(F)cc2OC(F)F)ccn1. The van der Waals surface area contributed by atoms with Gasteiger partial charge < -0.3 is 20.1 Å². The third-order valence-corrected chi connectivity index (χ3v) is 5.96. The van der Waals surface area contributed by atoms with Gasteiger partial charge in [0.1, 0.15) is 23.4 Å². The lowest BCUT2D eigenvalue weighted by atomic mass is 9.77. The van der Waals surface area contributed by atoms with Crippen molar-refractivity contribution in [3.8, 4) is 5.75 Å². The number of hydrogen-bond acceptors (Lipinski definition) is 5. The van der Waals surface area contributed by atoms with E-state index in [1.54, 1.807) is 0 Å². The van der Waals surface area contributed by atoms with Crippen LogP contribution in [0.3, 0.4) is 0 Å². The lowest BCUT2D eigenvalue weighted by Gasteiger charge is -2.32. The molecule has 2 N–H and O–H groups in total. The molecule has 0 unspecified atom stereocenters. The molecule has 2 aromatic rings. The van der Waals surface area contributed by atoms with Crippen molar-refractivity contribution in [2.45, 2.75) is 44.3 Å². The molecule has 1 aromatic carbocycles. The standard InChI is InChI=1S/C22H21F6N3O4/c1-10-16(13-5-4-11(23)8-15(13)34-20(24)25)17(35-21(10,2)22(26,27)28)19(33)31-12-6-7-30-14(9-12)18(32)29-3/h4-10,16-17,20H,1-3H3,(H,29,32)(H,30,31,33)/t10-,16+,17+,21+/m0/s1. The molecule has 0 bridgehead atoms. The maximum absolute atomic E-state index is 14.0. The number of anilines is 1. The molecular formula is C22H21F6N3O4. The second kappa shape index (κ2) is 9.72. The number of nitrogens with zero attached hydrogens (tertiary/aromatic N) is 1. The Hall–Kier alpha value is -3.35. The second-order valence-corrected chi connectivity index (χ2v) is 8.02. The van der Waals surface area contributed by atoms with Crippen molar-refractivity contribution in [3.63, 3.8) is 0 Å². The predicted molar refractivity (Wildman–Crippen MR) is 111 cm³/mol. The Bertz CT molecular complexity index is 1110. The van der Waals surface area contributed by atoms with E-state index in [-0.39, 0.29) is 16.9 Å². The topological polar surface area (TPSA) is 89.6 Å². The molecule has 2 heterocycles. The van der Waals surface area contributed by atoms with Crippen molar-refractivity contribution in [2.24, 2.45) is 5.92 Å². The molecule has 2 amide bonds. The van der Waals surface area contributed by atoms with Gasteiger partial charge >= 0.3 is 12.8 Å². The predicted octanol–water partition coefficient (Wildman–Crippen LogP) is 4.26. The summed E-state index contributed by atoms with van der Waals surface area (Å²) in [6, 6.07) is 4.93. The van der Waals surface area contributed by atoms with Gasteiger partial charge in [0.05, 0.1) is 0 Å². The smallest absolute Gasteiger partial charge is 0.417 e. The Labute approximate surface area is 195 Å². The summed E-state index contributed by atoms with van der Waals surface area (Å²) >= 11 is 0. The molecule has 7 nitrogen and oxygen atoms in total. The number of pyridine rings is 1. The van der Waals surface area contributed by atoms with Crippen molar-refractivity contribution in [1.82, 2.24) is 10.3 Å². The summed E-state index contributed by atoms with van der Waals surface area (Å²) < 4.78 is 91.2. The first-order valence-electron chi connectivity index (χ1n) is 10.3. The van der Waals surface area contributed by atoms with Crippen LogP contribution < -0.4 is 15.4 Å². The highest BCUT2D eigenvalue weighted by molar-refractivity contribution is 5.97. The normalized spacial score (nSPS) is 24.3. The van der Waals surface area contributed by atoms with Gasteiger partial charge in [-0.3, -0.25) is 14.6 Å². The zero-order chi connectivity index (χ0) is 26.1. The number of rotatable bonds is 6. The van der Waals surface area contributed by atoms with E-state index in [0.29, 0.717) is 6.07 Å². The maximum Gasteiger partial charge on any atom is 0.417 e. The fourth-order valence-corrected chi connectivity index (χ4v) is 3.98. The molecule has 0 aliphatic carbocycles. The summed E-state index contributed by atoms with van der Waals surface area (Å²) in [5, 5.41) is 4.71. The minimum atomic E-state index is -4.94. The number of aromatic nitrogens is 1. The number of carbonyl (C=O) groups is 2. The zero-order valence-electron chi connectivity index (χ0n) is 18.6. The van der Waals surface area contributed by atoms with Crippen LogP contribution in [-0.4, -0.2) is 48.3 Å². The van der Waals surface area contributed by atoms with E-state index in [1.165, 1.54) is 25.4 Å². The number of benzene rings is 1. The molecule has 0 spiro atoms. The number of nitrogens with one attached hydrogen (secondary N) is 2. The molecule has 4 atom stereocenters. The van der Waals surface area contributed by atoms with Crippen LogP contribution in [0.5, 0.6) is 5.75 Å². The molecule has 35 heavy (non-hydrogen) atoms. The minimum absolute atomic E-state index is 0.0300. The average molecular weight is 505 g/mol. The van der Waals surface area contributed by atoms with Gasteiger partial charge in [-0.25, -0.2) is 4.39 Å². The fraction of sp³-hybridized carbons (Fsp3) is 0.409. The van der Waals surface area contributed by atoms with E-state index in [9.17, 15) is 35.9 Å². The van der Waals surface area contributed by atoms with Gasteiger partial charge in [-0.15, -0.1) is 0 Å². The molecular weight excluding hydrogens is 484 g/mol. The molecule has 190 valence electrons. The van der Waals surface area contributed by atoms with Gasteiger partial charge in [0, 0.05) is 42.4 Å². The second-order valence-electron chi connectivity index (χ2n) is 8.02. The van der Waals surface area contributed by atoms with Crippen molar-refractivity contribution in [2.75, 3.05) is 12.4 Å². The summed E-state index contributed by atoms with van der Waals surface area (Å²) in [7, 11) is 1.35. The van der Waals surface area contributed by atoms with Crippen molar-refractivity contribution >= 4 is 17.5 Å². The van der Waals surface area contributed by atoms with Gasteiger partial charge in [-0.05, 0) is 25.1 Å². The molecule has 1 aliphatic rings. The Morgan fingerprint density at radius 3 is 2.49 bits per heavy atom. The third-order valence-electron chi connectivity index (χ3n) is 5.96.